The van der Waals surface area contributed by atoms with E-state index >= 15 is 0 Å². The summed E-state index contributed by atoms with van der Waals surface area (Å²) in [7, 11) is -3.76. The van der Waals surface area contributed by atoms with Gasteiger partial charge in [-0.25, -0.2) is 17.9 Å². The third kappa shape index (κ3) is 4.35. The van der Waals surface area contributed by atoms with Gasteiger partial charge in [-0.05, 0) is 85.4 Å². The molecule has 1 heterocycles. The van der Waals surface area contributed by atoms with Gasteiger partial charge in [-0.2, -0.15) is 13.1 Å². The molecule has 0 amide bonds. The third-order valence-corrected chi connectivity index (χ3v) is 8.42. The lowest BCUT2D eigenvalue weighted by Gasteiger charge is -2.41. The fourth-order valence-electron chi connectivity index (χ4n) is 5.09. The monoisotopic (exact) mass is 493 g/mol. The van der Waals surface area contributed by atoms with Gasteiger partial charge in [0.25, 0.3) is 10.2 Å². The van der Waals surface area contributed by atoms with Crippen LogP contribution >= 0.6 is 0 Å². The van der Waals surface area contributed by atoms with Gasteiger partial charge in [0.15, 0.2) is 0 Å². The highest BCUT2D eigenvalue weighted by atomic mass is 32.2. The predicted octanol–water partition coefficient (Wildman–Crippen LogP) is 4.08. The fourth-order valence-corrected chi connectivity index (χ4v) is 6.46. The van der Waals surface area contributed by atoms with Crippen molar-refractivity contribution in [2.75, 3.05) is 13.2 Å². The minimum absolute atomic E-state index is 0.0344. The van der Waals surface area contributed by atoms with Crippen LogP contribution in [0.4, 0.5) is 13.2 Å². The highest BCUT2D eigenvalue weighted by molar-refractivity contribution is 7.87. The molecule has 1 aromatic heterocycles. The summed E-state index contributed by atoms with van der Waals surface area (Å²) >= 11 is 0. The van der Waals surface area contributed by atoms with Crippen LogP contribution in [0.15, 0.2) is 36.4 Å². The highest BCUT2D eigenvalue weighted by Gasteiger charge is 2.40. The SMILES string of the molecule is O=S(=O)(NCC1CC(c2c(-c3ccc(F)cc3)[nH]c3c(F)cc(F)cc23)C1)NC1(CO)CCC1. The molecule has 4 N–H and O–H groups in total. The number of aliphatic hydroxyl groups is 1. The first-order chi connectivity index (χ1) is 16.2. The molecule has 2 aromatic carbocycles. The Hall–Kier alpha value is -2.40. The van der Waals surface area contributed by atoms with E-state index in [4.69, 9.17) is 0 Å². The number of rotatable bonds is 8. The molecule has 2 saturated carbocycles. The van der Waals surface area contributed by atoms with Gasteiger partial charge in [0, 0.05) is 18.0 Å². The zero-order chi connectivity index (χ0) is 24.1. The summed E-state index contributed by atoms with van der Waals surface area (Å²) in [6, 6.07) is 7.92. The number of hydrogen-bond acceptors (Lipinski definition) is 3. The lowest BCUT2D eigenvalue weighted by atomic mass is 9.70. The second-order valence-electron chi connectivity index (χ2n) is 9.51. The molecule has 6 nitrogen and oxygen atoms in total. The molecule has 34 heavy (non-hydrogen) atoms. The van der Waals surface area contributed by atoms with Gasteiger partial charge >= 0.3 is 0 Å². The number of nitrogens with one attached hydrogen (secondary N) is 3. The molecule has 5 rings (SSSR count). The molecule has 0 unspecified atom stereocenters. The van der Waals surface area contributed by atoms with Crippen LogP contribution in [0.5, 0.6) is 0 Å². The van der Waals surface area contributed by atoms with Crippen LogP contribution in [0.1, 0.15) is 43.6 Å². The minimum atomic E-state index is -3.76. The second kappa shape index (κ2) is 8.67. The Labute approximate surface area is 195 Å². The third-order valence-electron chi connectivity index (χ3n) is 7.17. The van der Waals surface area contributed by atoms with Gasteiger partial charge in [0.2, 0.25) is 0 Å². The number of aliphatic hydroxyl groups excluding tert-OH is 1. The topological polar surface area (TPSA) is 94.2 Å². The number of fused-ring (bicyclic) bond motifs is 1. The molecule has 10 heteroatoms. The van der Waals surface area contributed by atoms with Crippen LogP contribution in [0, 0.1) is 23.4 Å². The maximum atomic E-state index is 14.5. The average Bonchev–Trinajstić information content (AvgIpc) is 3.09. The van der Waals surface area contributed by atoms with Gasteiger partial charge in [0.1, 0.15) is 17.5 Å². The molecule has 3 aromatic rings. The maximum absolute atomic E-state index is 14.5. The van der Waals surface area contributed by atoms with Crippen LogP contribution in [0.3, 0.4) is 0 Å². The first-order valence-corrected chi connectivity index (χ1v) is 12.8. The molecule has 182 valence electrons. The molecule has 2 aliphatic carbocycles. The maximum Gasteiger partial charge on any atom is 0.277 e. The number of aromatic amines is 1. The molecule has 0 spiro atoms. The van der Waals surface area contributed by atoms with Crippen molar-refractivity contribution in [2.45, 2.75) is 43.6 Å². The zero-order valence-corrected chi connectivity index (χ0v) is 19.2. The molecule has 0 atom stereocenters. The number of benzene rings is 2. The van der Waals surface area contributed by atoms with Crippen molar-refractivity contribution in [3.63, 3.8) is 0 Å². The molecule has 0 saturated heterocycles. The fraction of sp³-hybridized carbons (Fsp3) is 0.417. The molecule has 0 radical (unpaired) electrons. The lowest BCUT2D eigenvalue weighted by molar-refractivity contribution is 0.110. The first-order valence-electron chi connectivity index (χ1n) is 11.3. The van der Waals surface area contributed by atoms with Crippen molar-refractivity contribution in [1.29, 1.82) is 0 Å². The minimum Gasteiger partial charge on any atom is -0.394 e. The summed E-state index contributed by atoms with van der Waals surface area (Å²) in [4.78, 5) is 3.05. The Balaban J connectivity index is 1.34. The number of halogens is 3. The smallest absolute Gasteiger partial charge is 0.277 e. The molecular formula is C24H26F3N3O3S. The van der Waals surface area contributed by atoms with Crippen molar-refractivity contribution in [2.24, 2.45) is 5.92 Å². The average molecular weight is 494 g/mol. The van der Waals surface area contributed by atoms with Crippen molar-refractivity contribution in [3.8, 4) is 11.3 Å². The zero-order valence-electron chi connectivity index (χ0n) is 18.4. The summed E-state index contributed by atoms with van der Waals surface area (Å²) in [5.41, 5.74) is 1.46. The Morgan fingerprint density at radius 3 is 2.38 bits per heavy atom. The second-order valence-corrected chi connectivity index (χ2v) is 11.0. The van der Waals surface area contributed by atoms with E-state index < -0.39 is 33.2 Å². The quantitative estimate of drug-likeness (QED) is 0.381. The van der Waals surface area contributed by atoms with E-state index in [0.717, 1.165) is 18.1 Å². The van der Waals surface area contributed by atoms with Gasteiger partial charge in [0.05, 0.1) is 23.4 Å². The standard InChI is InChI=1S/C24H26F3N3O3S/c25-17-4-2-15(3-5-17)22-21(19-10-18(26)11-20(27)23(19)29-22)16-8-14(9-16)12-28-34(32,33)30-24(13-31)6-1-7-24/h2-5,10-11,14,16,28-31H,1,6-9,12-13H2. The van der Waals surface area contributed by atoms with Crippen molar-refractivity contribution >= 4 is 21.1 Å². The van der Waals surface area contributed by atoms with E-state index in [1.807, 2.05) is 0 Å². The van der Waals surface area contributed by atoms with Gasteiger partial charge in [-0.1, -0.05) is 0 Å². The Bertz CT molecular complexity index is 1310. The first kappa shape index (κ1) is 23.3. The van der Waals surface area contributed by atoms with E-state index in [2.05, 4.69) is 14.4 Å². The molecule has 0 aliphatic heterocycles. The van der Waals surface area contributed by atoms with Crippen molar-refractivity contribution in [1.82, 2.24) is 14.4 Å². The number of aromatic nitrogens is 1. The number of H-pyrrole nitrogens is 1. The van der Waals surface area contributed by atoms with E-state index in [9.17, 15) is 26.7 Å². The van der Waals surface area contributed by atoms with Crippen LogP contribution in [-0.2, 0) is 10.2 Å². The molecular weight excluding hydrogens is 467 g/mol. The summed E-state index contributed by atoms with van der Waals surface area (Å²) in [6.07, 6.45) is 3.35. The van der Waals surface area contributed by atoms with Crippen LogP contribution in [-0.4, -0.2) is 37.2 Å². The van der Waals surface area contributed by atoms with E-state index in [-0.39, 0.29) is 30.5 Å². The van der Waals surface area contributed by atoms with Gasteiger partial charge < -0.3 is 10.1 Å². The Kier molecular flexibility index (Phi) is 5.96. The summed E-state index contributed by atoms with van der Waals surface area (Å²) in [6.45, 7) is -0.0104. The van der Waals surface area contributed by atoms with Gasteiger partial charge in [-0.15, -0.1) is 0 Å². The van der Waals surface area contributed by atoms with E-state index in [1.165, 1.54) is 18.2 Å². The van der Waals surface area contributed by atoms with E-state index in [1.54, 1.807) is 12.1 Å². The molecule has 2 aliphatic rings. The highest BCUT2D eigenvalue weighted by Crippen LogP contribution is 2.48. The Morgan fingerprint density at radius 2 is 1.76 bits per heavy atom. The molecule has 2 fully saturated rings. The number of hydrogen-bond donors (Lipinski definition) is 4. The van der Waals surface area contributed by atoms with E-state index in [0.29, 0.717) is 42.3 Å². The van der Waals surface area contributed by atoms with Crippen molar-refractivity contribution in [3.05, 3.63) is 59.4 Å². The van der Waals surface area contributed by atoms with Gasteiger partial charge in [-0.3, -0.25) is 0 Å². The van der Waals surface area contributed by atoms with Crippen LogP contribution in [0.2, 0.25) is 0 Å². The summed E-state index contributed by atoms with van der Waals surface area (Å²) in [5.74, 6) is -1.76. The Morgan fingerprint density at radius 1 is 1.06 bits per heavy atom. The van der Waals surface area contributed by atoms with Crippen LogP contribution < -0.4 is 9.44 Å². The van der Waals surface area contributed by atoms with Crippen LogP contribution in [0.25, 0.3) is 22.2 Å². The predicted molar refractivity (Wildman–Crippen MR) is 123 cm³/mol. The summed E-state index contributed by atoms with van der Waals surface area (Å²) < 4.78 is 72.0. The molecule has 0 bridgehead atoms. The van der Waals surface area contributed by atoms with Crippen molar-refractivity contribution < 1.29 is 26.7 Å². The lowest BCUT2D eigenvalue weighted by Crippen LogP contribution is -2.59. The largest absolute Gasteiger partial charge is 0.394 e. The normalized spacial score (nSPS) is 21.9. The summed E-state index contributed by atoms with van der Waals surface area (Å²) in [5, 5.41) is 9.95.